The van der Waals surface area contributed by atoms with Crippen LogP contribution in [0.1, 0.15) is 36.9 Å². The van der Waals surface area contributed by atoms with Gasteiger partial charge in [0.1, 0.15) is 11.5 Å². The standard InChI is InChI=1S/C27H34N2O6/c1-6-7-15-35-21-12-11-18(17-22(21)34-5)24-23(25(30)19-9-8-10-20(16-19)33-4)26(31)27(32)29(24)14-13-28(2)3/h8-12,16-17,24,30H,6-7,13-15H2,1-5H3. The Morgan fingerprint density at radius 2 is 1.83 bits per heavy atom. The third-order valence-corrected chi connectivity index (χ3v) is 5.93. The molecule has 35 heavy (non-hydrogen) atoms. The number of aliphatic hydroxyl groups is 1. The molecule has 0 aromatic heterocycles. The molecule has 1 unspecified atom stereocenters. The van der Waals surface area contributed by atoms with Gasteiger partial charge in [-0.2, -0.15) is 0 Å². The van der Waals surface area contributed by atoms with E-state index in [-0.39, 0.29) is 11.3 Å². The van der Waals surface area contributed by atoms with Crippen LogP contribution in [-0.2, 0) is 9.59 Å². The molecule has 1 N–H and O–H groups in total. The number of benzene rings is 2. The van der Waals surface area contributed by atoms with Gasteiger partial charge in [-0.15, -0.1) is 0 Å². The van der Waals surface area contributed by atoms with Crippen LogP contribution in [-0.4, -0.2) is 74.6 Å². The van der Waals surface area contributed by atoms with E-state index in [4.69, 9.17) is 14.2 Å². The molecule has 0 spiro atoms. The molecule has 1 aliphatic heterocycles. The van der Waals surface area contributed by atoms with E-state index in [9.17, 15) is 14.7 Å². The number of carbonyl (C=O) groups is 2. The van der Waals surface area contributed by atoms with Crippen molar-refractivity contribution in [2.75, 3.05) is 48.0 Å². The minimum atomic E-state index is -0.778. The second-order valence-electron chi connectivity index (χ2n) is 8.64. The zero-order valence-electron chi connectivity index (χ0n) is 21.0. The van der Waals surface area contributed by atoms with Crippen LogP contribution in [0.2, 0.25) is 0 Å². The van der Waals surface area contributed by atoms with Crippen LogP contribution in [0, 0.1) is 0 Å². The van der Waals surface area contributed by atoms with Crippen LogP contribution in [0.3, 0.4) is 0 Å². The molecule has 2 aromatic carbocycles. The first-order chi connectivity index (χ1) is 16.8. The number of hydrogen-bond donors (Lipinski definition) is 1. The van der Waals surface area contributed by atoms with E-state index < -0.39 is 17.7 Å². The van der Waals surface area contributed by atoms with Crippen molar-refractivity contribution in [3.05, 3.63) is 59.2 Å². The number of likely N-dealkylation sites (tertiary alicyclic amines) is 1. The largest absolute Gasteiger partial charge is 0.507 e. The number of aliphatic hydroxyl groups excluding tert-OH is 1. The number of Topliss-reactive ketones (excluding diaryl/α,β-unsaturated/α-hetero) is 1. The summed E-state index contributed by atoms with van der Waals surface area (Å²) in [5.41, 5.74) is 1.07. The third-order valence-electron chi connectivity index (χ3n) is 5.93. The fraction of sp³-hybridized carbons (Fsp3) is 0.407. The van der Waals surface area contributed by atoms with E-state index in [1.54, 1.807) is 43.5 Å². The summed E-state index contributed by atoms with van der Waals surface area (Å²) >= 11 is 0. The molecule has 1 aliphatic rings. The summed E-state index contributed by atoms with van der Waals surface area (Å²) in [5.74, 6) is -0.00898. The lowest BCUT2D eigenvalue weighted by atomic mass is 9.95. The Bertz CT molecular complexity index is 1090. The highest BCUT2D eigenvalue weighted by Gasteiger charge is 2.46. The maximum absolute atomic E-state index is 13.2. The molecule has 0 saturated carbocycles. The Morgan fingerprint density at radius 1 is 1.06 bits per heavy atom. The van der Waals surface area contributed by atoms with Gasteiger partial charge >= 0.3 is 0 Å². The number of methoxy groups -OCH3 is 2. The first kappa shape index (κ1) is 26.1. The fourth-order valence-corrected chi connectivity index (χ4v) is 3.99. The van der Waals surface area contributed by atoms with Crippen LogP contribution in [0.25, 0.3) is 5.76 Å². The van der Waals surface area contributed by atoms with Crippen LogP contribution >= 0.6 is 0 Å². The lowest BCUT2D eigenvalue weighted by molar-refractivity contribution is -0.140. The summed E-state index contributed by atoms with van der Waals surface area (Å²) in [5, 5.41) is 11.2. The topological polar surface area (TPSA) is 88.5 Å². The smallest absolute Gasteiger partial charge is 0.295 e. The van der Waals surface area contributed by atoms with Gasteiger partial charge in [0.2, 0.25) is 0 Å². The van der Waals surface area contributed by atoms with Crippen molar-refractivity contribution in [3.63, 3.8) is 0 Å². The molecule has 1 heterocycles. The first-order valence-corrected chi connectivity index (χ1v) is 11.7. The highest BCUT2D eigenvalue weighted by molar-refractivity contribution is 6.46. The van der Waals surface area contributed by atoms with E-state index in [0.29, 0.717) is 48.1 Å². The van der Waals surface area contributed by atoms with E-state index in [1.807, 2.05) is 25.1 Å². The molecular formula is C27H34N2O6. The Morgan fingerprint density at radius 3 is 2.49 bits per heavy atom. The van der Waals surface area contributed by atoms with E-state index in [2.05, 4.69) is 6.92 Å². The van der Waals surface area contributed by atoms with Gasteiger partial charge in [-0.25, -0.2) is 0 Å². The minimum Gasteiger partial charge on any atom is -0.507 e. The molecule has 1 fully saturated rings. The molecule has 0 radical (unpaired) electrons. The molecule has 1 amide bonds. The van der Waals surface area contributed by atoms with Crippen molar-refractivity contribution < 1.29 is 28.9 Å². The van der Waals surface area contributed by atoms with Gasteiger partial charge in [0, 0.05) is 18.7 Å². The summed E-state index contributed by atoms with van der Waals surface area (Å²) in [6.45, 7) is 3.51. The lowest BCUT2D eigenvalue weighted by Gasteiger charge is -2.27. The maximum atomic E-state index is 13.2. The molecule has 8 heteroatoms. The van der Waals surface area contributed by atoms with Gasteiger partial charge in [-0.1, -0.05) is 31.5 Å². The Hall–Kier alpha value is -3.52. The van der Waals surface area contributed by atoms with Gasteiger partial charge in [0.25, 0.3) is 11.7 Å². The second kappa shape index (κ2) is 11.8. The summed E-state index contributed by atoms with van der Waals surface area (Å²) in [6.07, 6.45) is 1.92. The van der Waals surface area contributed by atoms with E-state index >= 15 is 0 Å². The van der Waals surface area contributed by atoms with E-state index in [1.165, 1.54) is 12.0 Å². The Balaban J connectivity index is 2.12. The predicted octanol–water partition coefficient (Wildman–Crippen LogP) is 3.87. The highest BCUT2D eigenvalue weighted by Crippen LogP contribution is 2.42. The maximum Gasteiger partial charge on any atom is 0.295 e. The summed E-state index contributed by atoms with van der Waals surface area (Å²) < 4.78 is 16.7. The number of likely N-dealkylation sites (N-methyl/N-ethyl adjacent to an activating group) is 1. The Labute approximate surface area is 206 Å². The molecule has 0 bridgehead atoms. The van der Waals surface area contributed by atoms with Gasteiger partial charge in [-0.3, -0.25) is 9.59 Å². The summed E-state index contributed by atoms with van der Waals surface area (Å²) in [7, 11) is 6.86. The SMILES string of the molecule is CCCCOc1ccc(C2C(=C(O)c3cccc(OC)c3)C(=O)C(=O)N2CCN(C)C)cc1OC. The number of nitrogens with zero attached hydrogens (tertiary/aromatic N) is 2. The van der Waals surface area contributed by atoms with Crippen molar-refractivity contribution >= 4 is 17.4 Å². The van der Waals surface area contributed by atoms with Crippen molar-refractivity contribution in [1.29, 1.82) is 0 Å². The zero-order chi connectivity index (χ0) is 25.5. The third kappa shape index (κ3) is 5.77. The monoisotopic (exact) mass is 482 g/mol. The van der Waals surface area contributed by atoms with Crippen LogP contribution in [0.15, 0.2) is 48.0 Å². The van der Waals surface area contributed by atoms with Crippen LogP contribution in [0.4, 0.5) is 0 Å². The second-order valence-corrected chi connectivity index (χ2v) is 8.64. The number of unbranched alkanes of at least 4 members (excludes halogenated alkanes) is 1. The number of ether oxygens (including phenoxy) is 3. The van der Waals surface area contributed by atoms with Crippen molar-refractivity contribution in [1.82, 2.24) is 9.80 Å². The van der Waals surface area contributed by atoms with Gasteiger partial charge in [0.15, 0.2) is 11.5 Å². The van der Waals surface area contributed by atoms with Crippen LogP contribution in [0.5, 0.6) is 17.2 Å². The average molecular weight is 483 g/mol. The quantitative estimate of drug-likeness (QED) is 0.225. The normalized spacial score (nSPS) is 17.2. The number of rotatable bonds is 11. The molecule has 0 aliphatic carbocycles. The molecule has 1 saturated heterocycles. The van der Waals surface area contributed by atoms with Crippen molar-refractivity contribution in [2.45, 2.75) is 25.8 Å². The number of carbonyl (C=O) groups excluding carboxylic acids is 2. The van der Waals surface area contributed by atoms with Gasteiger partial charge in [-0.05, 0) is 50.3 Å². The summed E-state index contributed by atoms with van der Waals surface area (Å²) in [4.78, 5) is 29.7. The molecule has 188 valence electrons. The summed E-state index contributed by atoms with van der Waals surface area (Å²) in [6, 6.07) is 11.3. The first-order valence-electron chi connectivity index (χ1n) is 11.7. The molecule has 1 atom stereocenters. The molecule has 2 aromatic rings. The average Bonchev–Trinajstić information content (AvgIpc) is 3.12. The molecule has 8 nitrogen and oxygen atoms in total. The van der Waals surface area contributed by atoms with Crippen molar-refractivity contribution in [3.8, 4) is 17.2 Å². The molecular weight excluding hydrogens is 448 g/mol. The Kier molecular flexibility index (Phi) is 8.76. The number of ketones is 1. The van der Waals surface area contributed by atoms with Crippen LogP contribution < -0.4 is 14.2 Å². The molecule has 3 rings (SSSR count). The number of hydrogen-bond acceptors (Lipinski definition) is 7. The number of amides is 1. The predicted molar refractivity (Wildman–Crippen MR) is 134 cm³/mol. The zero-order valence-corrected chi connectivity index (χ0v) is 21.0. The minimum absolute atomic E-state index is 0.0312. The fourth-order valence-electron chi connectivity index (χ4n) is 3.99. The van der Waals surface area contributed by atoms with Gasteiger partial charge < -0.3 is 29.1 Å². The van der Waals surface area contributed by atoms with E-state index in [0.717, 1.165) is 12.8 Å². The lowest BCUT2D eigenvalue weighted by Crippen LogP contribution is -2.35. The van der Waals surface area contributed by atoms with Gasteiger partial charge in [0.05, 0.1) is 32.4 Å². The van der Waals surface area contributed by atoms with Crippen molar-refractivity contribution in [2.24, 2.45) is 0 Å². The highest BCUT2D eigenvalue weighted by atomic mass is 16.5.